The molecule has 11 heteroatoms. The van der Waals surface area contributed by atoms with Crippen LogP contribution in [0.2, 0.25) is 0 Å². The quantitative estimate of drug-likeness (QED) is 0.206. The van der Waals surface area contributed by atoms with E-state index in [1.165, 1.54) is 0 Å². The van der Waals surface area contributed by atoms with E-state index in [-0.39, 0.29) is 0 Å². The molecule has 0 aliphatic carbocycles. The lowest BCUT2D eigenvalue weighted by Crippen LogP contribution is -2.59. The first-order valence-corrected chi connectivity index (χ1v) is 8.80. The van der Waals surface area contributed by atoms with Crippen LogP contribution in [0.5, 0.6) is 0 Å². The molecule has 0 aromatic heterocycles. The lowest BCUT2D eigenvalue weighted by molar-refractivity contribution is -0.143. The van der Waals surface area contributed by atoms with E-state index in [0.717, 1.165) is 6.42 Å². The maximum atomic E-state index is 12.4. The maximum absolute atomic E-state index is 12.4. The highest BCUT2D eigenvalue weighted by Crippen LogP contribution is 2.06. The van der Waals surface area contributed by atoms with Crippen LogP contribution in [0, 0.1) is 5.92 Å². The summed E-state index contributed by atoms with van der Waals surface area (Å²) in [7, 11) is 0. The molecule has 0 radical (unpaired) electrons. The van der Waals surface area contributed by atoms with Crippen molar-refractivity contribution in [3.05, 3.63) is 0 Å². The predicted octanol–water partition coefficient (Wildman–Crippen LogP) is -3.08. The van der Waals surface area contributed by atoms with Gasteiger partial charge in [-0.2, -0.15) is 0 Å². The Bertz CT molecular complexity index is 549. The molecule has 0 bridgehead atoms. The van der Waals surface area contributed by atoms with Crippen LogP contribution in [0.15, 0.2) is 0 Å². The van der Waals surface area contributed by atoms with E-state index >= 15 is 0 Å². The summed E-state index contributed by atoms with van der Waals surface area (Å²) in [5, 5.41) is 37.3. The number of rotatable bonds is 10. The molecule has 0 aromatic rings. The summed E-state index contributed by atoms with van der Waals surface area (Å²) in [6, 6.07) is -4.29. The Hall–Kier alpha value is -2.24. The van der Waals surface area contributed by atoms with Gasteiger partial charge in [0, 0.05) is 0 Å². The van der Waals surface area contributed by atoms with E-state index in [9.17, 15) is 24.3 Å². The highest BCUT2D eigenvalue weighted by atomic mass is 16.4. The minimum absolute atomic E-state index is 0.409. The minimum atomic E-state index is -1.50. The Labute approximate surface area is 156 Å². The van der Waals surface area contributed by atoms with Crippen LogP contribution in [-0.2, 0) is 19.2 Å². The Morgan fingerprint density at radius 3 is 2.07 bits per heavy atom. The van der Waals surface area contributed by atoms with Crippen molar-refractivity contribution in [3.63, 3.8) is 0 Å². The molecule has 4 unspecified atom stereocenters. The fourth-order valence-electron chi connectivity index (χ4n) is 2.61. The summed E-state index contributed by atoms with van der Waals surface area (Å²) in [4.78, 5) is 47.7. The first-order chi connectivity index (χ1) is 12.7. The molecule has 7 N–H and O–H groups in total. The number of aliphatic carboxylic acids is 1. The summed E-state index contributed by atoms with van der Waals surface area (Å²) in [6.07, 6.45) is 1.46. The van der Waals surface area contributed by atoms with Gasteiger partial charge in [-0.15, -0.1) is 0 Å². The van der Waals surface area contributed by atoms with Crippen LogP contribution in [-0.4, -0.2) is 82.9 Å². The fourth-order valence-corrected chi connectivity index (χ4v) is 2.61. The Balaban J connectivity index is 2.72. The number of carboxylic acids is 1. The van der Waals surface area contributed by atoms with E-state index in [4.69, 9.17) is 10.2 Å². The number of carbonyl (C=O) groups is 4. The molecular weight excluding hydrogens is 360 g/mol. The highest BCUT2D eigenvalue weighted by molar-refractivity contribution is 5.94. The van der Waals surface area contributed by atoms with Crippen molar-refractivity contribution in [2.75, 3.05) is 19.8 Å². The second-order valence-electron chi connectivity index (χ2n) is 6.70. The molecule has 1 heterocycles. The summed E-state index contributed by atoms with van der Waals surface area (Å²) in [5.41, 5.74) is 0. The lowest BCUT2D eigenvalue weighted by Gasteiger charge is -2.26. The van der Waals surface area contributed by atoms with Crippen molar-refractivity contribution in [1.29, 1.82) is 0 Å². The number of carbonyl (C=O) groups excluding carboxylic acids is 3. The third-order valence-electron chi connectivity index (χ3n) is 4.24. The largest absolute Gasteiger partial charge is 0.480 e. The summed E-state index contributed by atoms with van der Waals surface area (Å²) in [5.74, 6) is -3.80. The first-order valence-electron chi connectivity index (χ1n) is 8.80. The van der Waals surface area contributed by atoms with Gasteiger partial charge < -0.3 is 36.6 Å². The Kier molecular flexibility index (Phi) is 9.12. The number of hydrogen-bond donors (Lipinski definition) is 7. The van der Waals surface area contributed by atoms with Crippen molar-refractivity contribution >= 4 is 23.7 Å². The molecule has 1 aliphatic rings. The molecule has 1 fully saturated rings. The number of aliphatic hydroxyl groups is 2. The third kappa shape index (κ3) is 6.77. The number of hydrogen-bond acceptors (Lipinski definition) is 7. The highest BCUT2D eigenvalue weighted by Gasteiger charge is 2.32. The smallest absolute Gasteiger partial charge is 0.328 e. The molecule has 11 nitrogen and oxygen atoms in total. The summed E-state index contributed by atoms with van der Waals surface area (Å²) in [6.45, 7) is 2.50. The Morgan fingerprint density at radius 1 is 1.00 bits per heavy atom. The van der Waals surface area contributed by atoms with Gasteiger partial charge >= 0.3 is 5.97 Å². The van der Waals surface area contributed by atoms with E-state index in [0.29, 0.717) is 13.0 Å². The molecular formula is C16H28N4O7. The summed E-state index contributed by atoms with van der Waals surface area (Å²) < 4.78 is 0. The second kappa shape index (κ2) is 10.8. The molecule has 0 aromatic carbocycles. The van der Waals surface area contributed by atoms with E-state index in [2.05, 4.69) is 21.3 Å². The summed E-state index contributed by atoms with van der Waals surface area (Å²) >= 11 is 0. The molecule has 3 amide bonds. The average molecular weight is 388 g/mol. The monoisotopic (exact) mass is 388 g/mol. The van der Waals surface area contributed by atoms with Crippen LogP contribution in [0.25, 0.3) is 0 Å². The second-order valence-corrected chi connectivity index (χ2v) is 6.70. The van der Waals surface area contributed by atoms with Gasteiger partial charge in [-0.1, -0.05) is 13.8 Å². The molecule has 1 saturated heterocycles. The zero-order valence-corrected chi connectivity index (χ0v) is 15.4. The van der Waals surface area contributed by atoms with Gasteiger partial charge in [-0.3, -0.25) is 14.4 Å². The first kappa shape index (κ1) is 22.8. The van der Waals surface area contributed by atoms with Gasteiger partial charge in [0.15, 0.2) is 0 Å². The van der Waals surface area contributed by atoms with Crippen molar-refractivity contribution in [1.82, 2.24) is 21.3 Å². The molecule has 1 rings (SSSR count). The maximum Gasteiger partial charge on any atom is 0.328 e. The predicted molar refractivity (Wildman–Crippen MR) is 93.5 cm³/mol. The SMILES string of the molecule is CC(C)C(NC(=O)C(CO)NC(=O)C1CCCN1)C(=O)NC(CO)C(=O)O. The van der Waals surface area contributed by atoms with Gasteiger partial charge in [-0.25, -0.2) is 4.79 Å². The van der Waals surface area contributed by atoms with Crippen molar-refractivity contribution in [3.8, 4) is 0 Å². The zero-order chi connectivity index (χ0) is 20.6. The molecule has 0 saturated carbocycles. The van der Waals surface area contributed by atoms with Gasteiger partial charge in [0.05, 0.1) is 19.3 Å². The van der Waals surface area contributed by atoms with Crippen LogP contribution < -0.4 is 21.3 Å². The zero-order valence-electron chi connectivity index (χ0n) is 15.4. The molecule has 27 heavy (non-hydrogen) atoms. The van der Waals surface area contributed by atoms with Crippen LogP contribution in [0.1, 0.15) is 26.7 Å². The molecule has 4 atom stereocenters. The molecule has 0 spiro atoms. The Morgan fingerprint density at radius 2 is 1.63 bits per heavy atom. The lowest BCUT2D eigenvalue weighted by atomic mass is 10.0. The number of nitrogens with one attached hydrogen (secondary N) is 4. The van der Waals surface area contributed by atoms with E-state index in [1.54, 1.807) is 13.8 Å². The van der Waals surface area contributed by atoms with Crippen LogP contribution >= 0.6 is 0 Å². The van der Waals surface area contributed by atoms with Gasteiger partial charge in [-0.05, 0) is 25.3 Å². The van der Waals surface area contributed by atoms with Gasteiger partial charge in [0.25, 0.3) is 0 Å². The van der Waals surface area contributed by atoms with Gasteiger partial charge in [0.1, 0.15) is 18.1 Å². The fraction of sp³-hybridized carbons (Fsp3) is 0.750. The van der Waals surface area contributed by atoms with E-state index < -0.39 is 67.0 Å². The number of aliphatic hydroxyl groups excluding tert-OH is 2. The van der Waals surface area contributed by atoms with Crippen LogP contribution in [0.4, 0.5) is 0 Å². The minimum Gasteiger partial charge on any atom is -0.480 e. The standard InChI is InChI=1S/C16H28N4O7/c1-8(2)12(15(25)19-11(7-22)16(26)27)20-14(24)10(6-21)18-13(23)9-4-3-5-17-9/h8-12,17,21-22H,3-7H2,1-2H3,(H,18,23)(H,19,25)(H,20,24)(H,26,27). The van der Waals surface area contributed by atoms with Crippen molar-refractivity contribution in [2.45, 2.75) is 50.9 Å². The molecule has 154 valence electrons. The number of amides is 3. The van der Waals surface area contributed by atoms with E-state index in [1.807, 2.05) is 0 Å². The average Bonchev–Trinajstić information content (AvgIpc) is 3.15. The van der Waals surface area contributed by atoms with Crippen LogP contribution in [0.3, 0.4) is 0 Å². The molecule has 1 aliphatic heterocycles. The third-order valence-corrected chi connectivity index (χ3v) is 4.24. The number of carboxylic acid groups (broad SMARTS) is 1. The topological polar surface area (TPSA) is 177 Å². The van der Waals surface area contributed by atoms with Crippen molar-refractivity contribution < 1.29 is 34.5 Å². The van der Waals surface area contributed by atoms with Gasteiger partial charge in [0.2, 0.25) is 17.7 Å². The normalized spacial score (nSPS) is 19.8. The van der Waals surface area contributed by atoms with Crippen molar-refractivity contribution in [2.24, 2.45) is 5.92 Å².